The lowest BCUT2D eigenvalue weighted by Crippen LogP contribution is -2.82. The Bertz CT molecular complexity index is 634. The van der Waals surface area contributed by atoms with Crippen LogP contribution in [0.3, 0.4) is 0 Å². The van der Waals surface area contributed by atoms with Crippen molar-refractivity contribution in [2.24, 2.45) is 0 Å². The van der Waals surface area contributed by atoms with E-state index in [1.807, 2.05) is 0 Å². The van der Waals surface area contributed by atoms with E-state index in [9.17, 15) is 74.6 Å². The van der Waals surface area contributed by atoms with Crippen molar-refractivity contribution in [1.29, 1.82) is 0 Å². The van der Waals surface area contributed by atoms with Gasteiger partial charge in [0.05, 0.1) is 7.05 Å². The molecule has 0 saturated carbocycles. The van der Waals surface area contributed by atoms with E-state index in [1.54, 1.807) is 0 Å². The summed E-state index contributed by atoms with van der Waals surface area (Å²) in [6.07, 6.45) is -17.4. The zero-order valence-corrected chi connectivity index (χ0v) is 15.1. The van der Waals surface area contributed by atoms with Crippen molar-refractivity contribution >= 4 is 0 Å². The normalized spacial score (nSPS) is 17.6. The summed E-state index contributed by atoms with van der Waals surface area (Å²) in [6, 6.07) is 0. The molecule has 0 spiro atoms. The number of alkyl halides is 17. The molecule has 3 N–H and O–H groups in total. The molecule has 2 unspecified atom stereocenters. The first-order chi connectivity index (χ1) is 13.8. The van der Waals surface area contributed by atoms with Crippen LogP contribution < -0.4 is 5.32 Å². The van der Waals surface area contributed by atoms with Gasteiger partial charge in [-0.05, 0) is 0 Å². The largest absolute Gasteiger partial charge is 0.387 e. The average Bonchev–Trinajstić information content (AvgIpc) is 2.59. The van der Waals surface area contributed by atoms with Crippen molar-refractivity contribution in [2.45, 2.75) is 66.6 Å². The summed E-state index contributed by atoms with van der Waals surface area (Å²) < 4.78 is 223. The summed E-state index contributed by atoms with van der Waals surface area (Å²) in [6.45, 7) is -0.950. The predicted octanol–water partition coefficient (Wildman–Crippen LogP) is 3.98. The van der Waals surface area contributed by atoms with Gasteiger partial charge in [-0.3, -0.25) is 0 Å². The minimum atomic E-state index is -8.42. The number of rotatable bonds is 12. The van der Waals surface area contributed by atoms with Crippen molar-refractivity contribution in [2.75, 3.05) is 13.6 Å². The maximum absolute atomic E-state index is 13.5. The minimum Gasteiger partial charge on any atom is -0.387 e. The van der Waals surface area contributed by atoms with Crippen LogP contribution in [-0.2, 0) is 0 Å². The lowest BCUT2D eigenvalue weighted by molar-refractivity contribution is -0.634. The molecule has 0 heterocycles. The van der Waals surface area contributed by atoms with Crippen LogP contribution in [0.1, 0.15) is 6.42 Å². The molecule has 0 aromatic carbocycles. The van der Waals surface area contributed by atoms with Gasteiger partial charge in [-0.2, -0.15) is 61.5 Å². The molecular formula is C13H13F17NO+. The van der Waals surface area contributed by atoms with Gasteiger partial charge in [0.25, 0.3) is 0 Å². The molecule has 0 aromatic heterocycles. The summed E-state index contributed by atoms with van der Waals surface area (Å²) in [7, 11) is 1.01. The van der Waals surface area contributed by atoms with Crippen LogP contribution in [0, 0.1) is 0 Å². The van der Waals surface area contributed by atoms with Crippen molar-refractivity contribution in [3.8, 4) is 0 Å². The first-order valence-electron chi connectivity index (χ1n) is 7.83. The smallest absolute Gasteiger partial charge is 0.384 e. The van der Waals surface area contributed by atoms with E-state index in [-0.39, 0.29) is 0 Å². The molecule has 0 bridgehead atoms. The summed E-state index contributed by atoms with van der Waals surface area (Å²) in [4.78, 5) is 0. The number of halogens is 17. The highest BCUT2D eigenvalue weighted by molar-refractivity contribution is 5.14. The number of hydrogen-bond donors (Lipinski definition) is 2. The van der Waals surface area contributed by atoms with Crippen LogP contribution in [-0.4, -0.2) is 78.9 Å². The highest BCUT2D eigenvalue weighted by Crippen LogP contribution is 2.62. The van der Waals surface area contributed by atoms with Gasteiger partial charge in [0.2, 0.25) is 6.17 Å². The van der Waals surface area contributed by atoms with Gasteiger partial charge < -0.3 is 10.4 Å². The molecule has 0 radical (unpaired) electrons. The van der Waals surface area contributed by atoms with Crippen LogP contribution in [0.2, 0.25) is 0 Å². The van der Waals surface area contributed by atoms with E-state index in [0.717, 1.165) is 12.4 Å². The molecule has 19 heteroatoms. The minimum absolute atomic E-state index is 0.783. The lowest BCUT2D eigenvalue weighted by atomic mass is 9.87. The second-order valence-electron chi connectivity index (χ2n) is 6.46. The fourth-order valence-corrected chi connectivity index (χ4v) is 2.12. The van der Waals surface area contributed by atoms with Gasteiger partial charge in [0.1, 0.15) is 12.6 Å². The highest BCUT2D eigenvalue weighted by Gasteiger charge is 2.91. The molecule has 0 aliphatic rings. The fraction of sp³-hybridized carbons (Fsp3) is 1.00. The number of aliphatic hydroxyl groups excluding tert-OH is 1. The summed E-state index contributed by atoms with van der Waals surface area (Å²) in [5.74, 6) is -53.9. The fourth-order valence-electron chi connectivity index (χ4n) is 2.12. The Labute approximate surface area is 166 Å². The Balaban J connectivity index is 6.48. The number of quaternary nitrogens is 1. The summed E-state index contributed by atoms with van der Waals surface area (Å²) >= 11 is 0. The molecule has 0 fully saturated rings. The van der Waals surface area contributed by atoms with E-state index in [2.05, 4.69) is 0 Å². The van der Waals surface area contributed by atoms with E-state index in [0.29, 0.717) is 0 Å². The molecular weight excluding hydrogens is 509 g/mol. The first-order valence-corrected chi connectivity index (χ1v) is 7.83. The van der Waals surface area contributed by atoms with Gasteiger partial charge in [-0.15, -0.1) is 0 Å². The molecule has 0 saturated heterocycles. The molecule has 0 aliphatic heterocycles. The third kappa shape index (κ3) is 4.54. The van der Waals surface area contributed by atoms with Crippen LogP contribution in [0.15, 0.2) is 0 Å². The number of nitrogens with two attached hydrogens (primary N) is 1. The van der Waals surface area contributed by atoms with E-state index >= 15 is 0 Å². The molecule has 0 aliphatic carbocycles. The van der Waals surface area contributed by atoms with Gasteiger partial charge in [0, 0.05) is 6.42 Å². The van der Waals surface area contributed by atoms with Gasteiger partial charge in [0.15, 0.2) is 0 Å². The van der Waals surface area contributed by atoms with Crippen LogP contribution in [0.25, 0.3) is 0 Å². The monoisotopic (exact) mass is 522 g/mol. The molecule has 2 atom stereocenters. The van der Waals surface area contributed by atoms with Crippen molar-refractivity contribution in [3.05, 3.63) is 0 Å². The summed E-state index contributed by atoms with van der Waals surface area (Å²) in [5, 5.41) is 9.75. The zero-order chi connectivity index (χ0) is 26.4. The van der Waals surface area contributed by atoms with Crippen molar-refractivity contribution < 1.29 is 85.1 Å². The molecule has 0 rings (SSSR count). The molecule has 0 aromatic rings. The number of aliphatic hydroxyl groups is 1. The van der Waals surface area contributed by atoms with Gasteiger partial charge >= 0.3 is 47.9 Å². The quantitative estimate of drug-likeness (QED) is 0.374. The molecule has 2 nitrogen and oxygen atoms in total. The second-order valence-corrected chi connectivity index (χ2v) is 6.46. The zero-order valence-electron chi connectivity index (χ0n) is 15.1. The van der Waals surface area contributed by atoms with E-state index in [4.69, 9.17) is 5.11 Å². The highest BCUT2D eigenvalue weighted by atomic mass is 19.4. The maximum Gasteiger partial charge on any atom is 0.384 e. The Morgan fingerprint density at radius 2 is 1.03 bits per heavy atom. The third-order valence-corrected chi connectivity index (χ3v) is 4.01. The number of hydrogen-bond acceptors (Lipinski definition) is 1. The van der Waals surface area contributed by atoms with E-state index in [1.165, 1.54) is 0 Å². The molecule has 0 amide bonds. The Morgan fingerprint density at radius 1 is 0.656 bits per heavy atom. The SMILES string of the molecule is C[NH2+]CC(O)CC(F)(F)C(F)(F)C(F)(F)C(F)(F)C(F)(F)C(F)(F)C(F)C(F)(F)C(F)F. The molecule has 32 heavy (non-hydrogen) atoms. The van der Waals surface area contributed by atoms with Crippen LogP contribution >= 0.6 is 0 Å². The predicted molar refractivity (Wildman–Crippen MR) is 68.9 cm³/mol. The van der Waals surface area contributed by atoms with Crippen molar-refractivity contribution in [1.82, 2.24) is 0 Å². The van der Waals surface area contributed by atoms with Gasteiger partial charge in [-0.1, -0.05) is 0 Å². The molecule has 194 valence electrons. The maximum atomic E-state index is 13.5. The van der Waals surface area contributed by atoms with E-state index < -0.39 is 73.1 Å². The topological polar surface area (TPSA) is 36.8 Å². The average molecular weight is 522 g/mol. The lowest BCUT2D eigenvalue weighted by Gasteiger charge is -2.42. The standard InChI is InChI=1S/C13H12F17NO/c1-31-3-4(32)2-7(17,18)10(23,24)12(27,28)13(29,30)11(25,26)9(21,22)5(14)8(19,20)6(15)16/h4-6,31-32H,2-3H2,1H3/p+1. The van der Waals surface area contributed by atoms with Crippen LogP contribution in [0.4, 0.5) is 74.6 Å². The van der Waals surface area contributed by atoms with Gasteiger partial charge in [-0.25, -0.2) is 13.2 Å². The first kappa shape index (κ1) is 30.7. The third-order valence-electron chi connectivity index (χ3n) is 4.01. The Kier molecular flexibility index (Phi) is 8.48. The van der Waals surface area contributed by atoms with Crippen molar-refractivity contribution in [3.63, 3.8) is 0 Å². The van der Waals surface area contributed by atoms with Crippen LogP contribution in [0.5, 0.6) is 0 Å². The Morgan fingerprint density at radius 3 is 1.38 bits per heavy atom. The number of likely N-dealkylation sites (N-methyl/N-ethyl adjacent to an activating group) is 1. The Hall–Kier alpha value is -1.27. The summed E-state index contributed by atoms with van der Waals surface area (Å²) in [5.41, 5.74) is 0. The second kappa shape index (κ2) is 8.83.